The van der Waals surface area contributed by atoms with Crippen molar-refractivity contribution in [2.45, 2.75) is 38.3 Å². The van der Waals surface area contributed by atoms with E-state index in [1.165, 1.54) is 0 Å². The third kappa shape index (κ3) is 3.74. The molecule has 0 spiro atoms. The van der Waals surface area contributed by atoms with Gasteiger partial charge in [0, 0.05) is 25.6 Å². The van der Waals surface area contributed by atoms with Gasteiger partial charge >= 0.3 is 0 Å². The minimum atomic E-state index is -0.266. The summed E-state index contributed by atoms with van der Waals surface area (Å²) in [6.45, 7) is 3.27. The highest BCUT2D eigenvalue weighted by atomic mass is 16.3. The molecule has 13 heavy (non-hydrogen) atoms. The summed E-state index contributed by atoms with van der Waals surface area (Å²) in [4.78, 5) is 10.8. The Morgan fingerprint density at radius 2 is 2.54 bits per heavy atom. The van der Waals surface area contributed by atoms with E-state index in [1.807, 2.05) is 6.92 Å². The molecule has 1 rings (SSSR count). The second-order valence-corrected chi connectivity index (χ2v) is 3.51. The average Bonchev–Trinajstić information content (AvgIpc) is 2.16. The van der Waals surface area contributed by atoms with Crippen molar-refractivity contribution < 1.29 is 9.90 Å². The van der Waals surface area contributed by atoms with E-state index >= 15 is 0 Å². The first-order valence-electron chi connectivity index (χ1n) is 4.90. The van der Waals surface area contributed by atoms with Crippen LogP contribution in [0.5, 0.6) is 0 Å². The van der Waals surface area contributed by atoms with Crippen LogP contribution in [0.15, 0.2) is 0 Å². The first kappa shape index (κ1) is 10.5. The zero-order valence-corrected chi connectivity index (χ0v) is 8.05. The Bertz CT molecular complexity index is 163. The molecule has 0 saturated carbocycles. The Morgan fingerprint density at radius 1 is 1.77 bits per heavy atom. The number of carbonyl (C=O) groups excluding carboxylic acids is 1. The van der Waals surface area contributed by atoms with Gasteiger partial charge in [-0.2, -0.15) is 0 Å². The van der Waals surface area contributed by atoms with Crippen molar-refractivity contribution in [2.75, 3.05) is 13.1 Å². The molecule has 0 bridgehead atoms. The number of carbonyl (C=O) groups is 1. The van der Waals surface area contributed by atoms with Crippen LogP contribution in [0.25, 0.3) is 0 Å². The fourth-order valence-electron chi connectivity index (χ4n) is 1.35. The summed E-state index contributed by atoms with van der Waals surface area (Å²) in [5.41, 5.74) is 0. The molecular formula is C9H18N2O2. The van der Waals surface area contributed by atoms with Crippen LogP contribution < -0.4 is 10.6 Å². The Kier molecular flexibility index (Phi) is 4.18. The van der Waals surface area contributed by atoms with Gasteiger partial charge in [-0.05, 0) is 12.8 Å². The van der Waals surface area contributed by atoms with Gasteiger partial charge in [0.2, 0.25) is 5.91 Å². The number of rotatable bonds is 4. The van der Waals surface area contributed by atoms with E-state index in [0.29, 0.717) is 25.6 Å². The van der Waals surface area contributed by atoms with E-state index in [1.54, 1.807) is 0 Å². The lowest BCUT2D eigenvalue weighted by molar-refractivity contribution is -0.122. The summed E-state index contributed by atoms with van der Waals surface area (Å²) in [5, 5.41) is 15.3. The minimum Gasteiger partial charge on any atom is -0.392 e. The molecule has 0 aliphatic carbocycles. The lowest BCUT2D eigenvalue weighted by Gasteiger charge is -2.24. The fraction of sp³-hybridized carbons (Fsp3) is 0.889. The van der Waals surface area contributed by atoms with E-state index in [-0.39, 0.29) is 12.0 Å². The van der Waals surface area contributed by atoms with Crippen molar-refractivity contribution in [3.05, 3.63) is 0 Å². The van der Waals surface area contributed by atoms with E-state index < -0.39 is 0 Å². The minimum absolute atomic E-state index is 0.133. The SMILES string of the molecule is CCC(O)CNC1CCC(=O)NC1. The summed E-state index contributed by atoms with van der Waals surface area (Å²) >= 11 is 0. The zero-order valence-electron chi connectivity index (χ0n) is 8.05. The number of amides is 1. The number of aliphatic hydroxyl groups excluding tert-OH is 1. The molecule has 2 atom stereocenters. The maximum atomic E-state index is 10.8. The molecular weight excluding hydrogens is 168 g/mol. The van der Waals surface area contributed by atoms with Crippen molar-refractivity contribution in [3.63, 3.8) is 0 Å². The molecule has 1 aliphatic heterocycles. The van der Waals surface area contributed by atoms with Crippen molar-refractivity contribution in [2.24, 2.45) is 0 Å². The van der Waals surface area contributed by atoms with Crippen LogP contribution in [0.4, 0.5) is 0 Å². The fourth-order valence-corrected chi connectivity index (χ4v) is 1.35. The Hall–Kier alpha value is -0.610. The van der Waals surface area contributed by atoms with Gasteiger partial charge in [0.15, 0.2) is 0 Å². The normalized spacial score (nSPS) is 25.4. The predicted octanol–water partition coefficient (Wildman–Crippen LogP) is -0.374. The van der Waals surface area contributed by atoms with Crippen molar-refractivity contribution in [1.29, 1.82) is 0 Å². The predicted molar refractivity (Wildman–Crippen MR) is 50.3 cm³/mol. The quantitative estimate of drug-likeness (QED) is 0.561. The van der Waals surface area contributed by atoms with Crippen LogP contribution in [0, 0.1) is 0 Å². The smallest absolute Gasteiger partial charge is 0.220 e. The van der Waals surface area contributed by atoms with Gasteiger partial charge in [-0.25, -0.2) is 0 Å². The molecule has 76 valence electrons. The van der Waals surface area contributed by atoms with Crippen LogP contribution in [-0.2, 0) is 4.79 Å². The molecule has 0 aromatic heterocycles. The topological polar surface area (TPSA) is 61.4 Å². The van der Waals surface area contributed by atoms with Gasteiger partial charge in [-0.15, -0.1) is 0 Å². The van der Waals surface area contributed by atoms with Crippen LogP contribution in [0.3, 0.4) is 0 Å². The first-order valence-corrected chi connectivity index (χ1v) is 4.90. The second-order valence-electron chi connectivity index (χ2n) is 3.51. The molecule has 2 unspecified atom stereocenters. The van der Waals surface area contributed by atoms with Gasteiger partial charge in [0.25, 0.3) is 0 Å². The number of piperidine rings is 1. The maximum Gasteiger partial charge on any atom is 0.220 e. The van der Waals surface area contributed by atoms with Gasteiger partial charge in [0.05, 0.1) is 6.10 Å². The largest absolute Gasteiger partial charge is 0.392 e. The third-order valence-corrected chi connectivity index (χ3v) is 2.38. The molecule has 4 heteroatoms. The molecule has 3 N–H and O–H groups in total. The van der Waals surface area contributed by atoms with Crippen LogP contribution in [0.1, 0.15) is 26.2 Å². The second kappa shape index (κ2) is 5.19. The van der Waals surface area contributed by atoms with Gasteiger partial charge in [-0.3, -0.25) is 4.79 Å². The highest BCUT2D eigenvalue weighted by Gasteiger charge is 2.17. The van der Waals surface area contributed by atoms with E-state index in [9.17, 15) is 9.90 Å². The Labute approximate surface area is 78.7 Å². The standard InChI is InChI=1S/C9H18N2O2/c1-2-8(12)6-10-7-3-4-9(13)11-5-7/h7-8,10,12H,2-6H2,1H3,(H,11,13). The molecule has 0 aromatic rings. The molecule has 1 heterocycles. The number of aliphatic hydroxyl groups is 1. The first-order chi connectivity index (χ1) is 6.22. The van der Waals surface area contributed by atoms with Gasteiger partial charge in [-0.1, -0.05) is 6.92 Å². The molecule has 0 aromatic carbocycles. The molecule has 1 amide bonds. The Morgan fingerprint density at radius 3 is 3.08 bits per heavy atom. The number of hydrogen-bond donors (Lipinski definition) is 3. The summed E-state index contributed by atoms with van der Waals surface area (Å²) in [5.74, 6) is 0.133. The van der Waals surface area contributed by atoms with Crippen molar-refractivity contribution in [1.82, 2.24) is 10.6 Å². The lowest BCUT2D eigenvalue weighted by atomic mass is 10.1. The van der Waals surface area contributed by atoms with Crippen molar-refractivity contribution >= 4 is 5.91 Å². The average molecular weight is 186 g/mol. The Balaban J connectivity index is 2.12. The summed E-state index contributed by atoms with van der Waals surface area (Å²) in [6.07, 6.45) is 1.98. The van der Waals surface area contributed by atoms with Crippen LogP contribution >= 0.6 is 0 Å². The van der Waals surface area contributed by atoms with E-state index in [0.717, 1.165) is 12.8 Å². The van der Waals surface area contributed by atoms with Crippen molar-refractivity contribution in [3.8, 4) is 0 Å². The van der Waals surface area contributed by atoms with E-state index in [4.69, 9.17) is 0 Å². The van der Waals surface area contributed by atoms with Crippen LogP contribution in [-0.4, -0.2) is 36.2 Å². The zero-order chi connectivity index (χ0) is 9.68. The van der Waals surface area contributed by atoms with E-state index in [2.05, 4.69) is 10.6 Å². The molecule has 1 aliphatic rings. The van der Waals surface area contributed by atoms with Crippen LogP contribution in [0.2, 0.25) is 0 Å². The summed E-state index contributed by atoms with van der Waals surface area (Å²) in [6, 6.07) is 0.332. The maximum absolute atomic E-state index is 10.8. The summed E-state index contributed by atoms with van der Waals surface area (Å²) in [7, 11) is 0. The molecule has 0 radical (unpaired) electrons. The third-order valence-electron chi connectivity index (χ3n) is 2.38. The molecule has 1 fully saturated rings. The van der Waals surface area contributed by atoms with Gasteiger partial charge in [0.1, 0.15) is 0 Å². The number of hydrogen-bond acceptors (Lipinski definition) is 3. The highest BCUT2D eigenvalue weighted by molar-refractivity contribution is 5.76. The lowest BCUT2D eigenvalue weighted by Crippen LogP contribution is -2.47. The van der Waals surface area contributed by atoms with Gasteiger partial charge < -0.3 is 15.7 Å². The summed E-state index contributed by atoms with van der Waals surface area (Å²) < 4.78 is 0. The molecule has 4 nitrogen and oxygen atoms in total. The highest BCUT2D eigenvalue weighted by Crippen LogP contribution is 2.02. The molecule has 1 saturated heterocycles. The number of nitrogens with one attached hydrogen (secondary N) is 2. The monoisotopic (exact) mass is 186 g/mol.